The van der Waals surface area contributed by atoms with Crippen molar-refractivity contribution in [1.82, 2.24) is 19.7 Å². The third kappa shape index (κ3) is 5.23. The van der Waals surface area contributed by atoms with Crippen LogP contribution in [0.3, 0.4) is 0 Å². The zero-order valence-corrected chi connectivity index (χ0v) is 18.3. The monoisotopic (exact) mass is 416 g/mol. The van der Waals surface area contributed by atoms with E-state index in [0.29, 0.717) is 43.3 Å². The summed E-state index contributed by atoms with van der Waals surface area (Å²) in [4.78, 5) is 25.3. The van der Waals surface area contributed by atoms with Crippen molar-refractivity contribution in [2.24, 2.45) is 5.92 Å². The van der Waals surface area contributed by atoms with Gasteiger partial charge in [0.15, 0.2) is 0 Å². The maximum atomic E-state index is 12.6. The molecule has 0 saturated carbocycles. The summed E-state index contributed by atoms with van der Waals surface area (Å²) in [5.74, 6) is 2.62. The molecule has 8 nitrogen and oxygen atoms in total. The molecule has 1 atom stereocenters. The highest BCUT2D eigenvalue weighted by molar-refractivity contribution is 5.79. The maximum absolute atomic E-state index is 12.6. The lowest BCUT2D eigenvalue weighted by atomic mass is 10.1. The fourth-order valence-corrected chi connectivity index (χ4v) is 3.77. The first-order chi connectivity index (χ1) is 14.4. The second-order valence-corrected chi connectivity index (χ2v) is 8.20. The van der Waals surface area contributed by atoms with E-state index in [9.17, 15) is 9.59 Å². The average Bonchev–Trinajstić information content (AvgIpc) is 2.88. The Morgan fingerprint density at radius 3 is 2.77 bits per heavy atom. The Morgan fingerprint density at radius 1 is 1.27 bits per heavy atom. The number of fused-ring (bicyclic) bond motifs is 1. The molecule has 3 rings (SSSR count). The Hall–Kier alpha value is -2.77. The molecule has 0 bridgehead atoms. The number of ether oxygens (including phenoxy) is 2. The van der Waals surface area contributed by atoms with E-state index in [-0.39, 0.29) is 24.1 Å². The highest BCUT2D eigenvalue weighted by Gasteiger charge is 2.22. The summed E-state index contributed by atoms with van der Waals surface area (Å²) in [6, 6.07) is 5.44. The first kappa shape index (κ1) is 21.9. The van der Waals surface area contributed by atoms with Gasteiger partial charge in [0.25, 0.3) is 0 Å². The predicted molar refractivity (Wildman–Crippen MR) is 114 cm³/mol. The first-order valence-electron chi connectivity index (χ1n) is 10.6. The first-order valence-corrected chi connectivity index (χ1v) is 10.6. The van der Waals surface area contributed by atoms with E-state index >= 15 is 0 Å². The van der Waals surface area contributed by atoms with Gasteiger partial charge >= 0.3 is 5.69 Å². The van der Waals surface area contributed by atoms with Gasteiger partial charge < -0.3 is 14.8 Å². The third-order valence-corrected chi connectivity index (χ3v) is 5.54. The molecule has 1 aliphatic rings. The second-order valence-electron chi connectivity index (χ2n) is 8.20. The van der Waals surface area contributed by atoms with Crippen LogP contribution in [-0.4, -0.2) is 40.5 Å². The fourth-order valence-electron chi connectivity index (χ4n) is 3.77. The molecule has 2 aromatic rings. The largest absolute Gasteiger partial charge is 0.497 e. The quantitative estimate of drug-likeness (QED) is 0.713. The Kier molecular flexibility index (Phi) is 7.18. The van der Waals surface area contributed by atoms with Crippen molar-refractivity contribution in [3.05, 3.63) is 40.1 Å². The number of nitrogens with one attached hydrogen (secondary N) is 1. The number of methoxy groups -OCH3 is 2. The van der Waals surface area contributed by atoms with E-state index in [1.54, 1.807) is 35.6 Å². The lowest BCUT2D eigenvalue weighted by Gasteiger charge is -2.17. The molecule has 164 valence electrons. The minimum Gasteiger partial charge on any atom is -0.497 e. The van der Waals surface area contributed by atoms with Crippen molar-refractivity contribution in [1.29, 1.82) is 0 Å². The van der Waals surface area contributed by atoms with Crippen molar-refractivity contribution in [2.75, 3.05) is 14.2 Å². The van der Waals surface area contributed by atoms with Crippen molar-refractivity contribution >= 4 is 5.91 Å². The summed E-state index contributed by atoms with van der Waals surface area (Å²) in [6.07, 6.45) is 3.30. The van der Waals surface area contributed by atoms with Crippen molar-refractivity contribution in [3.63, 3.8) is 0 Å². The SMILES string of the molecule is COc1ccc(OC)c(CC(=O)NC2CCc3nn(CCC(C)C)c(=O)n3CC2)c1. The molecule has 1 unspecified atom stereocenters. The molecule has 1 amide bonds. The molecule has 30 heavy (non-hydrogen) atoms. The van der Waals surface area contributed by atoms with E-state index in [2.05, 4.69) is 24.3 Å². The van der Waals surface area contributed by atoms with E-state index in [1.807, 2.05) is 6.07 Å². The Balaban J connectivity index is 1.60. The van der Waals surface area contributed by atoms with Crippen LogP contribution in [0.25, 0.3) is 0 Å². The van der Waals surface area contributed by atoms with Crippen LogP contribution in [-0.2, 0) is 30.7 Å². The molecular formula is C22H32N4O4. The average molecular weight is 417 g/mol. The summed E-state index contributed by atoms with van der Waals surface area (Å²) in [7, 11) is 3.18. The summed E-state index contributed by atoms with van der Waals surface area (Å²) < 4.78 is 14.0. The van der Waals surface area contributed by atoms with E-state index < -0.39 is 0 Å². The van der Waals surface area contributed by atoms with Gasteiger partial charge in [0.2, 0.25) is 5.91 Å². The summed E-state index contributed by atoms with van der Waals surface area (Å²) in [5.41, 5.74) is 0.739. The molecular weight excluding hydrogens is 384 g/mol. The number of hydrogen-bond acceptors (Lipinski definition) is 5. The number of nitrogens with zero attached hydrogens (tertiary/aromatic N) is 3. The van der Waals surface area contributed by atoms with Crippen LogP contribution in [0.5, 0.6) is 11.5 Å². The molecule has 1 aliphatic heterocycles. The molecule has 1 N–H and O–H groups in total. The van der Waals surface area contributed by atoms with Gasteiger partial charge in [-0.2, -0.15) is 5.10 Å². The van der Waals surface area contributed by atoms with Crippen molar-refractivity contribution in [3.8, 4) is 11.5 Å². The number of carbonyl (C=O) groups is 1. The number of aryl methyl sites for hydroxylation is 2. The van der Waals surface area contributed by atoms with Crippen LogP contribution in [0, 0.1) is 5.92 Å². The molecule has 0 saturated heterocycles. The highest BCUT2D eigenvalue weighted by Crippen LogP contribution is 2.24. The Bertz CT molecular complexity index is 932. The predicted octanol–water partition coefficient (Wildman–Crippen LogP) is 2.17. The minimum absolute atomic E-state index is 0.0133. The van der Waals surface area contributed by atoms with Gasteiger partial charge in [-0.05, 0) is 43.4 Å². The van der Waals surface area contributed by atoms with E-state index in [1.165, 1.54) is 0 Å². The molecule has 2 heterocycles. The van der Waals surface area contributed by atoms with Gasteiger partial charge in [-0.15, -0.1) is 0 Å². The van der Waals surface area contributed by atoms with Crippen LogP contribution >= 0.6 is 0 Å². The number of carbonyl (C=O) groups excluding carboxylic acids is 1. The van der Waals surface area contributed by atoms with Crippen LogP contribution in [0.1, 0.15) is 44.5 Å². The topological polar surface area (TPSA) is 87.4 Å². The number of hydrogen-bond donors (Lipinski definition) is 1. The van der Waals surface area contributed by atoms with E-state index in [0.717, 1.165) is 24.2 Å². The maximum Gasteiger partial charge on any atom is 0.345 e. The van der Waals surface area contributed by atoms with Gasteiger partial charge in [-0.3, -0.25) is 9.36 Å². The van der Waals surface area contributed by atoms with Crippen LogP contribution in [0.4, 0.5) is 0 Å². The second kappa shape index (κ2) is 9.82. The van der Waals surface area contributed by atoms with Gasteiger partial charge in [0.05, 0.1) is 20.6 Å². The summed E-state index contributed by atoms with van der Waals surface area (Å²) >= 11 is 0. The zero-order valence-electron chi connectivity index (χ0n) is 18.3. The highest BCUT2D eigenvalue weighted by atomic mass is 16.5. The van der Waals surface area contributed by atoms with Crippen molar-refractivity contribution < 1.29 is 14.3 Å². The van der Waals surface area contributed by atoms with Crippen LogP contribution < -0.4 is 20.5 Å². The normalized spacial score (nSPS) is 16.1. The molecule has 1 aromatic carbocycles. The number of benzene rings is 1. The number of aromatic nitrogens is 3. The number of rotatable bonds is 8. The van der Waals surface area contributed by atoms with Crippen LogP contribution in [0.2, 0.25) is 0 Å². The van der Waals surface area contributed by atoms with Gasteiger partial charge in [0.1, 0.15) is 17.3 Å². The van der Waals surface area contributed by atoms with E-state index in [4.69, 9.17) is 9.47 Å². The molecule has 0 spiro atoms. The molecule has 0 aliphatic carbocycles. The Labute approximate surface area is 177 Å². The minimum atomic E-state index is -0.0690. The lowest BCUT2D eigenvalue weighted by Crippen LogP contribution is -2.36. The zero-order chi connectivity index (χ0) is 21.7. The summed E-state index contributed by atoms with van der Waals surface area (Å²) in [5, 5.41) is 7.64. The summed E-state index contributed by atoms with van der Waals surface area (Å²) in [6.45, 7) is 5.50. The fraction of sp³-hybridized carbons (Fsp3) is 0.591. The molecule has 0 radical (unpaired) electrons. The van der Waals surface area contributed by atoms with Crippen molar-refractivity contribution in [2.45, 2.75) is 65.1 Å². The smallest absolute Gasteiger partial charge is 0.345 e. The standard InChI is InChI=1S/C22H32N4O4/c1-15(2)9-12-26-22(28)25-11-10-17(5-8-20(25)24-26)23-21(27)14-16-13-18(29-3)6-7-19(16)30-4/h6-7,13,15,17H,5,8-12,14H2,1-4H3,(H,23,27). The lowest BCUT2D eigenvalue weighted by molar-refractivity contribution is -0.121. The van der Waals surface area contributed by atoms with Gasteiger partial charge in [-0.1, -0.05) is 13.8 Å². The molecule has 8 heteroatoms. The molecule has 1 aromatic heterocycles. The molecule has 0 fully saturated rings. The third-order valence-electron chi connectivity index (χ3n) is 5.54. The van der Waals surface area contributed by atoms with Gasteiger partial charge in [-0.25, -0.2) is 9.48 Å². The Morgan fingerprint density at radius 2 is 2.07 bits per heavy atom. The van der Waals surface area contributed by atoms with Crippen LogP contribution in [0.15, 0.2) is 23.0 Å². The number of amides is 1. The van der Waals surface area contributed by atoms with Gasteiger partial charge in [0, 0.05) is 31.1 Å².